The predicted molar refractivity (Wildman–Crippen MR) is 52.3 cm³/mol. The average molecular weight is 250 g/mol. The highest BCUT2D eigenvalue weighted by Gasteiger charge is 2.34. The molecule has 2 rings (SSSR count). The van der Waals surface area contributed by atoms with Crippen LogP contribution in [0.2, 0.25) is 0 Å². The molecule has 8 heteroatoms. The first kappa shape index (κ1) is 12.3. The number of H-pyrrole nitrogens is 1. The molecule has 17 heavy (non-hydrogen) atoms. The van der Waals surface area contributed by atoms with E-state index < -0.39 is 18.8 Å². The second-order valence-corrected chi connectivity index (χ2v) is 3.99. The minimum atomic E-state index is -4.18. The van der Waals surface area contributed by atoms with Gasteiger partial charge in [0.1, 0.15) is 11.9 Å². The van der Waals surface area contributed by atoms with Gasteiger partial charge in [0, 0.05) is 13.1 Å². The molecule has 5 nitrogen and oxygen atoms in total. The Morgan fingerprint density at radius 3 is 2.88 bits per heavy atom. The van der Waals surface area contributed by atoms with Crippen molar-refractivity contribution in [2.24, 2.45) is 0 Å². The Kier molecular flexibility index (Phi) is 3.34. The van der Waals surface area contributed by atoms with Crippen molar-refractivity contribution in [1.29, 1.82) is 0 Å². The molecule has 2 heterocycles. The standard InChI is InChI=1S/C9H13F3N4O/c1-6-13-8(15-14-6)7-4-16(2-3-17-7)5-9(10,11)12/h7H,2-5H2,1H3,(H,13,14,15)/t7-/m0/s1. The number of rotatable bonds is 2. The lowest BCUT2D eigenvalue weighted by atomic mass is 10.2. The van der Waals surface area contributed by atoms with E-state index in [4.69, 9.17) is 4.74 Å². The van der Waals surface area contributed by atoms with Crippen molar-refractivity contribution in [3.05, 3.63) is 11.6 Å². The fourth-order valence-electron chi connectivity index (χ4n) is 1.76. The van der Waals surface area contributed by atoms with Crippen LogP contribution in [-0.4, -0.2) is 52.5 Å². The number of morpholine rings is 1. The molecule has 1 aliphatic heterocycles. The van der Waals surface area contributed by atoms with Gasteiger partial charge in [-0.15, -0.1) is 0 Å². The third-order valence-corrected chi connectivity index (χ3v) is 2.46. The van der Waals surface area contributed by atoms with Crippen LogP contribution in [0.25, 0.3) is 0 Å². The Bertz CT molecular complexity index is 379. The summed E-state index contributed by atoms with van der Waals surface area (Å²) in [6.45, 7) is 1.51. The van der Waals surface area contributed by atoms with E-state index in [9.17, 15) is 13.2 Å². The summed E-state index contributed by atoms with van der Waals surface area (Å²) in [6.07, 6.45) is -4.67. The molecule has 0 unspecified atom stereocenters. The number of aromatic amines is 1. The van der Waals surface area contributed by atoms with E-state index in [1.165, 1.54) is 4.90 Å². The molecule has 0 amide bonds. The highest BCUT2D eigenvalue weighted by atomic mass is 19.4. The van der Waals surface area contributed by atoms with Crippen LogP contribution in [0.4, 0.5) is 13.2 Å². The highest BCUT2D eigenvalue weighted by molar-refractivity contribution is 4.95. The second kappa shape index (κ2) is 4.61. The normalized spacial score (nSPS) is 22.9. The zero-order chi connectivity index (χ0) is 12.5. The first-order valence-electron chi connectivity index (χ1n) is 5.23. The SMILES string of the molecule is Cc1nc([C@@H]2CN(CC(F)(F)F)CCO2)n[nH]1. The van der Waals surface area contributed by atoms with E-state index in [1.54, 1.807) is 6.92 Å². The van der Waals surface area contributed by atoms with Gasteiger partial charge < -0.3 is 4.74 Å². The summed E-state index contributed by atoms with van der Waals surface area (Å²) < 4.78 is 42.1. The molecule has 1 saturated heterocycles. The quantitative estimate of drug-likeness (QED) is 0.852. The van der Waals surface area contributed by atoms with E-state index in [1.807, 2.05) is 0 Å². The van der Waals surface area contributed by atoms with Crippen molar-refractivity contribution >= 4 is 0 Å². The van der Waals surface area contributed by atoms with Crippen molar-refractivity contribution in [2.75, 3.05) is 26.2 Å². The van der Waals surface area contributed by atoms with Gasteiger partial charge in [-0.1, -0.05) is 0 Å². The Morgan fingerprint density at radius 1 is 1.53 bits per heavy atom. The monoisotopic (exact) mass is 250 g/mol. The van der Waals surface area contributed by atoms with Crippen molar-refractivity contribution in [3.63, 3.8) is 0 Å². The largest absolute Gasteiger partial charge is 0.401 e. The van der Waals surface area contributed by atoms with Crippen LogP contribution in [0.15, 0.2) is 0 Å². The number of aryl methyl sites for hydroxylation is 1. The third-order valence-electron chi connectivity index (χ3n) is 2.46. The average Bonchev–Trinajstić information content (AvgIpc) is 2.63. The molecular formula is C9H13F3N4O. The van der Waals surface area contributed by atoms with Gasteiger partial charge in [-0.2, -0.15) is 18.3 Å². The summed E-state index contributed by atoms with van der Waals surface area (Å²) in [5.41, 5.74) is 0. The zero-order valence-electron chi connectivity index (χ0n) is 9.29. The van der Waals surface area contributed by atoms with Crippen LogP contribution in [-0.2, 0) is 4.74 Å². The van der Waals surface area contributed by atoms with E-state index in [-0.39, 0.29) is 19.7 Å². The smallest absolute Gasteiger partial charge is 0.367 e. The zero-order valence-corrected chi connectivity index (χ0v) is 9.29. The first-order valence-corrected chi connectivity index (χ1v) is 5.23. The molecule has 0 aromatic carbocycles. The number of nitrogens with zero attached hydrogens (tertiary/aromatic N) is 3. The Morgan fingerprint density at radius 2 is 2.29 bits per heavy atom. The minimum Gasteiger partial charge on any atom is -0.367 e. The summed E-state index contributed by atoms with van der Waals surface area (Å²) in [6, 6.07) is 0. The van der Waals surface area contributed by atoms with Gasteiger partial charge in [-0.05, 0) is 6.92 Å². The highest BCUT2D eigenvalue weighted by Crippen LogP contribution is 2.23. The van der Waals surface area contributed by atoms with Gasteiger partial charge in [0.25, 0.3) is 0 Å². The van der Waals surface area contributed by atoms with Crippen LogP contribution >= 0.6 is 0 Å². The second-order valence-electron chi connectivity index (χ2n) is 3.99. The number of hydrogen-bond donors (Lipinski definition) is 1. The predicted octanol–water partition coefficient (Wildman–Crippen LogP) is 1.05. The summed E-state index contributed by atoms with van der Waals surface area (Å²) in [5.74, 6) is 1.03. The summed E-state index contributed by atoms with van der Waals surface area (Å²) >= 11 is 0. The maximum absolute atomic E-state index is 12.3. The molecule has 0 bridgehead atoms. The van der Waals surface area contributed by atoms with Gasteiger partial charge in [0.15, 0.2) is 5.82 Å². The number of ether oxygens (including phenoxy) is 1. The van der Waals surface area contributed by atoms with Gasteiger partial charge in [-0.25, -0.2) is 4.98 Å². The van der Waals surface area contributed by atoms with Crippen LogP contribution in [0.3, 0.4) is 0 Å². The number of nitrogens with one attached hydrogen (secondary N) is 1. The number of halogens is 3. The Labute approximate surface area is 96.0 Å². The van der Waals surface area contributed by atoms with Crippen LogP contribution < -0.4 is 0 Å². The van der Waals surface area contributed by atoms with Crippen molar-refractivity contribution < 1.29 is 17.9 Å². The molecule has 1 aromatic rings. The van der Waals surface area contributed by atoms with Crippen molar-refractivity contribution in [1.82, 2.24) is 20.1 Å². The Hall–Kier alpha value is -1.15. The molecule has 0 aliphatic carbocycles. The molecule has 1 aliphatic rings. The van der Waals surface area contributed by atoms with Gasteiger partial charge >= 0.3 is 6.18 Å². The van der Waals surface area contributed by atoms with E-state index in [2.05, 4.69) is 15.2 Å². The molecule has 1 aromatic heterocycles. The topological polar surface area (TPSA) is 54.0 Å². The molecule has 1 atom stereocenters. The number of aromatic nitrogens is 3. The maximum atomic E-state index is 12.3. The maximum Gasteiger partial charge on any atom is 0.401 e. The van der Waals surface area contributed by atoms with Gasteiger partial charge in [0.05, 0.1) is 13.2 Å². The lowest BCUT2D eigenvalue weighted by molar-refractivity contribution is -0.160. The summed E-state index contributed by atoms with van der Waals surface area (Å²) in [7, 11) is 0. The lowest BCUT2D eigenvalue weighted by Crippen LogP contribution is -2.43. The van der Waals surface area contributed by atoms with E-state index in [0.717, 1.165) is 0 Å². The molecule has 0 saturated carbocycles. The third kappa shape index (κ3) is 3.40. The summed E-state index contributed by atoms with van der Waals surface area (Å²) in [5, 5.41) is 6.55. The number of alkyl halides is 3. The van der Waals surface area contributed by atoms with E-state index >= 15 is 0 Å². The molecule has 1 fully saturated rings. The fraction of sp³-hybridized carbons (Fsp3) is 0.778. The minimum absolute atomic E-state index is 0.163. The van der Waals surface area contributed by atoms with Gasteiger partial charge in [-0.3, -0.25) is 10.00 Å². The molecule has 0 spiro atoms. The summed E-state index contributed by atoms with van der Waals surface area (Å²) in [4.78, 5) is 5.37. The fourth-order valence-corrected chi connectivity index (χ4v) is 1.76. The molecular weight excluding hydrogens is 237 g/mol. The van der Waals surface area contributed by atoms with Crippen molar-refractivity contribution in [3.8, 4) is 0 Å². The van der Waals surface area contributed by atoms with Crippen LogP contribution in [0.1, 0.15) is 17.8 Å². The molecule has 0 radical (unpaired) electrons. The molecule has 1 N–H and O–H groups in total. The van der Waals surface area contributed by atoms with E-state index in [0.29, 0.717) is 11.6 Å². The van der Waals surface area contributed by atoms with Crippen LogP contribution in [0.5, 0.6) is 0 Å². The lowest BCUT2D eigenvalue weighted by Gasteiger charge is -2.31. The first-order chi connectivity index (χ1) is 7.94. The van der Waals surface area contributed by atoms with Crippen molar-refractivity contribution in [2.45, 2.75) is 19.2 Å². The molecule has 96 valence electrons. The van der Waals surface area contributed by atoms with Gasteiger partial charge in [0.2, 0.25) is 0 Å². The number of hydrogen-bond acceptors (Lipinski definition) is 4. The Balaban J connectivity index is 1.97. The van der Waals surface area contributed by atoms with Crippen LogP contribution in [0, 0.1) is 6.92 Å².